The first kappa shape index (κ1) is 14.8. The normalized spacial score (nSPS) is 10.4. The molecule has 4 nitrogen and oxygen atoms in total. The molecular formula is C15H18BrN3O. The molecular weight excluding hydrogens is 318 g/mol. The second kappa shape index (κ2) is 6.22. The molecule has 3 heterocycles. The molecule has 106 valence electrons. The zero-order chi connectivity index (χ0) is 14.7. The smallest absolute Gasteiger partial charge is 0.229 e. The number of fused-ring (bicyclic) bond motifs is 3. The van der Waals surface area contributed by atoms with E-state index in [1.807, 2.05) is 13.0 Å². The number of pyridine rings is 2. The molecule has 0 aromatic carbocycles. The van der Waals surface area contributed by atoms with Gasteiger partial charge in [0.15, 0.2) is 0 Å². The van der Waals surface area contributed by atoms with E-state index in [0.717, 1.165) is 32.1 Å². The second-order valence-corrected chi connectivity index (χ2v) is 5.34. The number of H-pyrrole nitrogens is 1. The van der Waals surface area contributed by atoms with Crippen molar-refractivity contribution in [1.29, 1.82) is 0 Å². The quantitative estimate of drug-likeness (QED) is 0.706. The van der Waals surface area contributed by atoms with Crippen LogP contribution in [-0.2, 0) is 0 Å². The Hall–Kier alpha value is -1.62. The van der Waals surface area contributed by atoms with Gasteiger partial charge in [-0.15, -0.1) is 0 Å². The molecule has 0 aliphatic heterocycles. The molecule has 0 saturated carbocycles. The van der Waals surface area contributed by atoms with E-state index < -0.39 is 0 Å². The summed E-state index contributed by atoms with van der Waals surface area (Å²) in [7, 11) is 1.60. The average Bonchev–Trinajstić information content (AvgIpc) is 2.78. The van der Waals surface area contributed by atoms with Gasteiger partial charge in [0.25, 0.3) is 0 Å². The molecule has 3 rings (SSSR count). The molecule has 0 radical (unpaired) electrons. The van der Waals surface area contributed by atoms with Gasteiger partial charge >= 0.3 is 0 Å². The van der Waals surface area contributed by atoms with Gasteiger partial charge in [-0.3, -0.25) is 0 Å². The van der Waals surface area contributed by atoms with Crippen molar-refractivity contribution in [3.05, 3.63) is 28.5 Å². The molecule has 0 aliphatic carbocycles. The Morgan fingerprint density at radius 1 is 1.25 bits per heavy atom. The van der Waals surface area contributed by atoms with Crippen LogP contribution in [0.2, 0.25) is 0 Å². The number of hydrogen-bond acceptors (Lipinski definition) is 3. The van der Waals surface area contributed by atoms with Gasteiger partial charge < -0.3 is 9.72 Å². The molecule has 0 bridgehead atoms. The van der Waals surface area contributed by atoms with Crippen LogP contribution in [0.5, 0.6) is 5.88 Å². The van der Waals surface area contributed by atoms with Crippen molar-refractivity contribution in [2.24, 2.45) is 0 Å². The van der Waals surface area contributed by atoms with Gasteiger partial charge in [0.05, 0.1) is 12.6 Å². The van der Waals surface area contributed by atoms with Crippen LogP contribution in [0.1, 0.15) is 26.0 Å². The molecule has 3 aromatic rings. The van der Waals surface area contributed by atoms with Gasteiger partial charge in [-0.2, -0.15) is 0 Å². The number of aromatic nitrogens is 3. The lowest BCUT2D eigenvalue weighted by molar-refractivity contribution is 0.396. The predicted molar refractivity (Wildman–Crippen MR) is 86.3 cm³/mol. The number of ether oxygens (including phenoxy) is 1. The van der Waals surface area contributed by atoms with Crippen molar-refractivity contribution in [3.8, 4) is 5.88 Å². The van der Waals surface area contributed by atoms with Crippen LogP contribution >= 0.6 is 15.9 Å². The fraction of sp³-hybridized carbons (Fsp3) is 0.333. The summed E-state index contributed by atoms with van der Waals surface area (Å²) < 4.78 is 6.00. The number of nitrogens with zero attached hydrogens (tertiary/aromatic N) is 2. The minimum atomic E-state index is 0.570. The lowest BCUT2D eigenvalue weighted by atomic mass is 10.2. The molecule has 5 heteroatoms. The summed E-state index contributed by atoms with van der Waals surface area (Å²) in [5.41, 5.74) is 2.82. The first-order valence-electron chi connectivity index (χ1n) is 6.59. The first-order chi connectivity index (χ1) is 9.62. The molecule has 20 heavy (non-hydrogen) atoms. The van der Waals surface area contributed by atoms with Gasteiger partial charge in [-0.05, 0) is 35.0 Å². The van der Waals surface area contributed by atoms with Gasteiger partial charge in [0, 0.05) is 22.7 Å². The maximum atomic E-state index is 5.17. The number of hydrogen-bond donors (Lipinski definition) is 1. The highest BCUT2D eigenvalue weighted by molar-refractivity contribution is 9.10. The van der Waals surface area contributed by atoms with Gasteiger partial charge in [0.2, 0.25) is 5.88 Å². The first-order valence-corrected chi connectivity index (χ1v) is 7.39. The van der Waals surface area contributed by atoms with Gasteiger partial charge in [0.1, 0.15) is 10.1 Å². The number of rotatable bonds is 1. The van der Waals surface area contributed by atoms with Crippen LogP contribution < -0.4 is 4.74 Å². The standard InChI is InChI=1S/C12H10BrN3O.C3H8/c1-6-3-4-7-8-5-14-12(17-2)9(13)10(8)16-11(7)15-6;1-3-2/h3-5H,1-2H3,(H,15,16);3H2,1-2H3. The van der Waals surface area contributed by atoms with E-state index in [2.05, 4.69) is 50.8 Å². The topological polar surface area (TPSA) is 50.8 Å². The van der Waals surface area contributed by atoms with Crippen molar-refractivity contribution in [2.45, 2.75) is 27.2 Å². The van der Waals surface area contributed by atoms with Gasteiger partial charge in [-0.25, -0.2) is 9.97 Å². The SMILES string of the molecule is CCC.COc1ncc2c([nH]c3nc(C)ccc32)c1Br. The highest BCUT2D eigenvalue weighted by Crippen LogP contribution is 2.33. The van der Waals surface area contributed by atoms with Crippen LogP contribution in [0.25, 0.3) is 21.9 Å². The Kier molecular flexibility index (Phi) is 4.60. The van der Waals surface area contributed by atoms with E-state index >= 15 is 0 Å². The third kappa shape index (κ3) is 2.63. The molecule has 0 fully saturated rings. The van der Waals surface area contributed by atoms with Crippen LogP contribution in [0, 0.1) is 6.92 Å². The van der Waals surface area contributed by atoms with E-state index in [1.165, 1.54) is 6.42 Å². The summed E-state index contributed by atoms with van der Waals surface area (Å²) in [6.45, 7) is 6.22. The fourth-order valence-corrected chi connectivity index (χ4v) is 2.50. The maximum absolute atomic E-state index is 5.17. The van der Waals surface area contributed by atoms with Crippen molar-refractivity contribution in [1.82, 2.24) is 15.0 Å². The summed E-state index contributed by atoms with van der Waals surface area (Å²) in [5, 5.41) is 2.11. The Bertz CT molecular complexity index is 737. The van der Waals surface area contributed by atoms with Crippen molar-refractivity contribution < 1.29 is 4.74 Å². The Morgan fingerprint density at radius 3 is 2.60 bits per heavy atom. The van der Waals surface area contributed by atoms with Gasteiger partial charge in [-0.1, -0.05) is 20.3 Å². The molecule has 1 N–H and O–H groups in total. The largest absolute Gasteiger partial charge is 0.480 e. The lowest BCUT2D eigenvalue weighted by Crippen LogP contribution is -1.88. The van der Waals surface area contributed by atoms with E-state index in [4.69, 9.17) is 4.74 Å². The summed E-state index contributed by atoms with van der Waals surface area (Å²) in [6, 6.07) is 4.05. The molecule has 3 aromatic heterocycles. The highest BCUT2D eigenvalue weighted by atomic mass is 79.9. The van der Waals surface area contributed by atoms with Crippen LogP contribution in [0.15, 0.2) is 22.8 Å². The number of nitrogens with one attached hydrogen (secondary N) is 1. The average molecular weight is 336 g/mol. The number of methoxy groups -OCH3 is 1. The number of aryl methyl sites for hydroxylation is 1. The number of halogens is 1. The molecule has 0 amide bonds. The third-order valence-electron chi connectivity index (χ3n) is 2.75. The number of aromatic amines is 1. The highest BCUT2D eigenvalue weighted by Gasteiger charge is 2.12. The molecule has 0 unspecified atom stereocenters. The van der Waals surface area contributed by atoms with E-state index in [0.29, 0.717) is 5.88 Å². The summed E-state index contributed by atoms with van der Waals surface area (Å²) in [4.78, 5) is 12.0. The second-order valence-electron chi connectivity index (χ2n) is 4.55. The zero-order valence-corrected chi connectivity index (χ0v) is 13.7. The maximum Gasteiger partial charge on any atom is 0.229 e. The summed E-state index contributed by atoms with van der Waals surface area (Å²) in [5.74, 6) is 0.570. The fourth-order valence-electron chi connectivity index (χ4n) is 1.93. The molecule has 0 spiro atoms. The Balaban J connectivity index is 0.000000452. The Labute approximate surface area is 126 Å². The summed E-state index contributed by atoms with van der Waals surface area (Å²) >= 11 is 3.49. The van der Waals surface area contributed by atoms with Crippen LogP contribution in [0.4, 0.5) is 0 Å². The molecule has 0 saturated heterocycles. The third-order valence-corrected chi connectivity index (χ3v) is 3.48. The molecule has 0 aliphatic rings. The van der Waals surface area contributed by atoms with E-state index in [1.54, 1.807) is 13.3 Å². The van der Waals surface area contributed by atoms with Crippen LogP contribution in [0.3, 0.4) is 0 Å². The van der Waals surface area contributed by atoms with E-state index in [-0.39, 0.29) is 0 Å². The summed E-state index contributed by atoms with van der Waals surface area (Å²) in [6.07, 6.45) is 3.05. The van der Waals surface area contributed by atoms with E-state index in [9.17, 15) is 0 Å². The predicted octanol–water partition coefficient (Wildman–Crippen LogP) is 4.61. The monoisotopic (exact) mass is 335 g/mol. The van der Waals surface area contributed by atoms with Crippen LogP contribution in [-0.4, -0.2) is 22.1 Å². The lowest BCUT2D eigenvalue weighted by Gasteiger charge is -2.01. The van der Waals surface area contributed by atoms with Crippen molar-refractivity contribution in [2.75, 3.05) is 7.11 Å². The van der Waals surface area contributed by atoms with Crippen molar-refractivity contribution >= 4 is 37.9 Å². The minimum absolute atomic E-state index is 0.570. The minimum Gasteiger partial charge on any atom is -0.480 e. The van der Waals surface area contributed by atoms with Crippen molar-refractivity contribution in [3.63, 3.8) is 0 Å². The molecule has 0 atom stereocenters. The Morgan fingerprint density at radius 2 is 1.95 bits per heavy atom. The zero-order valence-electron chi connectivity index (χ0n) is 12.1.